The van der Waals surface area contributed by atoms with Gasteiger partial charge in [-0.25, -0.2) is 0 Å². The molecule has 1 rings (SSSR count). The van der Waals surface area contributed by atoms with Crippen molar-refractivity contribution in [1.29, 1.82) is 0 Å². The van der Waals surface area contributed by atoms with Crippen molar-refractivity contribution in [2.45, 2.75) is 13.3 Å². The molecule has 0 aliphatic carbocycles. The van der Waals surface area contributed by atoms with Crippen molar-refractivity contribution in [3.63, 3.8) is 0 Å². The molecule has 1 fully saturated rings. The van der Waals surface area contributed by atoms with Crippen molar-refractivity contribution in [3.8, 4) is 0 Å². The Morgan fingerprint density at radius 2 is 2.00 bits per heavy atom. The van der Waals surface area contributed by atoms with E-state index < -0.39 is 0 Å². The fourth-order valence-electron chi connectivity index (χ4n) is 1.87. The Balaban J connectivity index is 2.17. The van der Waals surface area contributed by atoms with Gasteiger partial charge in [0.05, 0.1) is 13.0 Å². The number of ether oxygens (including phenoxy) is 1. The number of piperazine rings is 1. The van der Waals surface area contributed by atoms with E-state index >= 15 is 0 Å². The van der Waals surface area contributed by atoms with Gasteiger partial charge in [-0.2, -0.15) is 0 Å². The van der Waals surface area contributed by atoms with Crippen LogP contribution < -0.4 is 5.73 Å². The molecule has 0 aromatic carbocycles. The molecule has 2 N–H and O–H groups in total. The van der Waals surface area contributed by atoms with E-state index in [1.807, 2.05) is 11.8 Å². The molecule has 0 unspecified atom stereocenters. The van der Waals surface area contributed by atoms with Crippen molar-refractivity contribution in [2.75, 3.05) is 52.5 Å². The Labute approximate surface area is 97.5 Å². The lowest BCUT2D eigenvalue weighted by atomic mass is 10.3. The van der Waals surface area contributed by atoms with Crippen LogP contribution in [0.1, 0.15) is 13.3 Å². The van der Waals surface area contributed by atoms with Crippen LogP contribution in [0.5, 0.6) is 0 Å². The molecular weight excluding hydrogens is 206 g/mol. The minimum atomic E-state index is 0.209. The summed E-state index contributed by atoms with van der Waals surface area (Å²) in [6, 6.07) is 0. The van der Waals surface area contributed by atoms with E-state index in [4.69, 9.17) is 10.5 Å². The molecule has 94 valence electrons. The van der Waals surface area contributed by atoms with Crippen LogP contribution in [0.15, 0.2) is 0 Å². The highest BCUT2D eigenvalue weighted by atomic mass is 16.5. The molecule has 5 heteroatoms. The van der Waals surface area contributed by atoms with Gasteiger partial charge in [0, 0.05) is 45.9 Å². The van der Waals surface area contributed by atoms with Crippen LogP contribution >= 0.6 is 0 Å². The Bertz CT molecular complexity index is 203. The Kier molecular flexibility index (Phi) is 6.37. The standard InChI is InChI=1S/C11H23N3O2/c1-2-16-10-3-11(15)14-8-6-13(5-4-12)7-9-14/h2-10,12H2,1H3. The van der Waals surface area contributed by atoms with Gasteiger partial charge in [0.2, 0.25) is 5.91 Å². The summed E-state index contributed by atoms with van der Waals surface area (Å²) in [4.78, 5) is 16.0. The van der Waals surface area contributed by atoms with E-state index in [0.717, 1.165) is 32.7 Å². The molecule has 1 heterocycles. The van der Waals surface area contributed by atoms with E-state index in [9.17, 15) is 4.79 Å². The Morgan fingerprint density at radius 3 is 2.56 bits per heavy atom. The SMILES string of the molecule is CCOCCC(=O)N1CCN(CCN)CC1. The second-order valence-electron chi connectivity index (χ2n) is 3.96. The number of rotatable bonds is 6. The van der Waals surface area contributed by atoms with Crippen LogP contribution in [0.3, 0.4) is 0 Å². The van der Waals surface area contributed by atoms with Gasteiger partial charge in [0.15, 0.2) is 0 Å². The van der Waals surface area contributed by atoms with E-state index in [1.54, 1.807) is 0 Å². The maximum absolute atomic E-state index is 11.7. The van der Waals surface area contributed by atoms with Crippen LogP contribution in [-0.2, 0) is 9.53 Å². The van der Waals surface area contributed by atoms with Gasteiger partial charge >= 0.3 is 0 Å². The second kappa shape index (κ2) is 7.60. The average Bonchev–Trinajstić information content (AvgIpc) is 2.30. The molecule has 0 aromatic heterocycles. The maximum atomic E-state index is 11.7. The molecule has 1 aliphatic heterocycles. The van der Waals surface area contributed by atoms with Crippen molar-refractivity contribution in [2.24, 2.45) is 5.73 Å². The second-order valence-corrected chi connectivity index (χ2v) is 3.96. The molecule has 1 amide bonds. The maximum Gasteiger partial charge on any atom is 0.224 e. The summed E-state index contributed by atoms with van der Waals surface area (Å²) in [5.74, 6) is 0.209. The average molecular weight is 229 g/mol. The fraction of sp³-hybridized carbons (Fsp3) is 0.909. The van der Waals surface area contributed by atoms with Crippen molar-refractivity contribution >= 4 is 5.91 Å². The molecule has 0 saturated carbocycles. The smallest absolute Gasteiger partial charge is 0.224 e. The highest BCUT2D eigenvalue weighted by Gasteiger charge is 2.19. The molecule has 0 radical (unpaired) electrons. The normalized spacial score (nSPS) is 17.8. The Hall–Kier alpha value is -0.650. The summed E-state index contributed by atoms with van der Waals surface area (Å²) in [6.45, 7) is 8.32. The monoisotopic (exact) mass is 229 g/mol. The van der Waals surface area contributed by atoms with Crippen LogP contribution in [-0.4, -0.2) is 68.2 Å². The number of hydrogen-bond acceptors (Lipinski definition) is 4. The summed E-state index contributed by atoms with van der Waals surface area (Å²) < 4.78 is 5.18. The summed E-state index contributed by atoms with van der Waals surface area (Å²) in [5.41, 5.74) is 5.50. The third-order valence-electron chi connectivity index (χ3n) is 2.83. The van der Waals surface area contributed by atoms with Gasteiger partial charge in [-0.1, -0.05) is 0 Å². The molecule has 1 saturated heterocycles. The number of amides is 1. The van der Waals surface area contributed by atoms with E-state index in [1.165, 1.54) is 0 Å². The van der Waals surface area contributed by atoms with Crippen LogP contribution in [0, 0.1) is 0 Å². The third-order valence-corrected chi connectivity index (χ3v) is 2.83. The van der Waals surface area contributed by atoms with Gasteiger partial charge in [0.25, 0.3) is 0 Å². The fourth-order valence-corrected chi connectivity index (χ4v) is 1.87. The number of hydrogen-bond donors (Lipinski definition) is 1. The molecule has 0 aromatic rings. The lowest BCUT2D eigenvalue weighted by Crippen LogP contribution is -2.49. The zero-order chi connectivity index (χ0) is 11.8. The molecule has 0 atom stereocenters. The lowest BCUT2D eigenvalue weighted by molar-refractivity contribution is -0.134. The highest BCUT2D eigenvalue weighted by Crippen LogP contribution is 2.03. The minimum absolute atomic E-state index is 0.209. The van der Waals surface area contributed by atoms with Crippen LogP contribution in [0.2, 0.25) is 0 Å². The first-order valence-corrected chi connectivity index (χ1v) is 6.06. The summed E-state index contributed by atoms with van der Waals surface area (Å²) >= 11 is 0. The van der Waals surface area contributed by atoms with E-state index in [2.05, 4.69) is 4.90 Å². The molecular formula is C11H23N3O2. The van der Waals surface area contributed by atoms with Crippen LogP contribution in [0.4, 0.5) is 0 Å². The largest absolute Gasteiger partial charge is 0.381 e. The van der Waals surface area contributed by atoms with Crippen molar-refractivity contribution in [3.05, 3.63) is 0 Å². The molecule has 1 aliphatic rings. The van der Waals surface area contributed by atoms with E-state index in [-0.39, 0.29) is 5.91 Å². The number of nitrogens with two attached hydrogens (primary N) is 1. The summed E-state index contributed by atoms with van der Waals surface area (Å²) in [7, 11) is 0. The zero-order valence-corrected chi connectivity index (χ0v) is 10.2. The van der Waals surface area contributed by atoms with E-state index in [0.29, 0.717) is 26.2 Å². The molecule has 5 nitrogen and oxygen atoms in total. The van der Waals surface area contributed by atoms with Crippen molar-refractivity contribution in [1.82, 2.24) is 9.80 Å². The number of carbonyl (C=O) groups is 1. The summed E-state index contributed by atoms with van der Waals surface area (Å²) in [5, 5.41) is 0. The van der Waals surface area contributed by atoms with Crippen LogP contribution in [0.25, 0.3) is 0 Å². The molecule has 0 bridgehead atoms. The van der Waals surface area contributed by atoms with Gasteiger partial charge in [0.1, 0.15) is 0 Å². The number of nitrogens with zero attached hydrogens (tertiary/aromatic N) is 2. The third kappa shape index (κ3) is 4.47. The zero-order valence-electron chi connectivity index (χ0n) is 10.2. The lowest BCUT2D eigenvalue weighted by Gasteiger charge is -2.34. The van der Waals surface area contributed by atoms with Gasteiger partial charge in [-0.3, -0.25) is 9.69 Å². The predicted molar refractivity (Wildman–Crippen MR) is 63.2 cm³/mol. The molecule has 0 spiro atoms. The Morgan fingerprint density at radius 1 is 1.31 bits per heavy atom. The first-order chi connectivity index (χ1) is 7.77. The van der Waals surface area contributed by atoms with Gasteiger partial charge < -0.3 is 15.4 Å². The quantitative estimate of drug-likeness (QED) is 0.625. The highest BCUT2D eigenvalue weighted by molar-refractivity contribution is 5.76. The minimum Gasteiger partial charge on any atom is -0.381 e. The van der Waals surface area contributed by atoms with Gasteiger partial charge in [-0.15, -0.1) is 0 Å². The van der Waals surface area contributed by atoms with Crippen molar-refractivity contribution < 1.29 is 9.53 Å². The summed E-state index contributed by atoms with van der Waals surface area (Å²) in [6.07, 6.45) is 0.505. The molecule has 16 heavy (non-hydrogen) atoms. The first-order valence-electron chi connectivity index (χ1n) is 6.06. The number of carbonyl (C=O) groups excluding carboxylic acids is 1. The topological polar surface area (TPSA) is 58.8 Å². The van der Waals surface area contributed by atoms with Gasteiger partial charge in [-0.05, 0) is 6.92 Å². The predicted octanol–water partition coefficient (Wildman–Crippen LogP) is -0.484. The first kappa shape index (κ1) is 13.4.